The van der Waals surface area contributed by atoms with Gasteiger partial charge in [0.25, 0.3) is 0 Å². The predicted octanol–water partition coefficient (Wildman–Crippen LogP) is 5.35. The van der Waals surface area contributed by atoms with Crippen molar-refractivity contribution in [3.05, 3.63) is 108 Å². The van der Waals surface area contributed by atoms with Crippen molar-refractivity contribution in [3.8, 4) is 0 Å². The van der Waals surface area contributed by atoms with Crippen molar-refractivity contribution in [2.45, 2.75) is 27.7 Å². The zero-order chi connectivity index (χ0) is 18.1. The summed E-state index contributed by atoms with van der Waals surface area (Å²) in [5.74, 6) is 0.756. The zero-order valence-corrected chi connectivity index (χ0v) is 20.7. The van der Waals surface area contributed by atoms with E-state index < -0.39 is 0 Å². The summed E-state index contributed by atoms with van der Waals surface area (Å²) in [7, 11) is 1.23. The molecule has 2 aromatic rings. The fourth-order valence-electron chi connectivity index (χ4n) is 2.52. The number of hydrogen-bond donors (Lipinski definition) is 0. The fourth-order valence-corrected chi connectivity index (χ4v) is 3.33. The normalized spacial score (nSPS) is 15.6. The Labute approximate surface area is 177 Å². The summed E-state index contributed by atoms with van der Waals surface area (Å²) in [5.41, 5.74) is 6.83. The van der Waals surface area contributed by atoms with Gasteiger partial charge in [-0.15, -0.1) is 24.3 Å². The smallest absolute Gasteiger partial charge is 0.199 e. The van der Waals surface area contributed by atoms with Crippen LogP contribution in [0.2, 0.25) is 0 Å². The summed E-state index contributed by atoms with van der Waals surface area (Å²) in [5, 5.41) is 1.69. The molecule has 0 fully saturated rings. The summed E-state index contributed by atoms with van der Waals surface area (Å²) >= 11 is 0. The van der Waals surface area contributed by atoms with Crippen LogP contribution in [0.15, 0.2) is 82.6 Å². The molecule has 0 aliphatic heterocycles. The van der Waals surface area contributed by atoms with Crippen molar-refractivity contribution < 1.29 is 26.2 Å². The molecule has 0 bridgehead atoms. The minimum atomic E-state index is 0. The van der Waals surface area contributed by atoms with Gasteiger partial charge >= 0.3 is 26.2 Å². The molecule has 0 saturated heterocycles. The Morgan fingerprint density at radius 2 is 1.08 bits per heavy atom. The SMILES string of the molecule is CC1=C(C)C(C)C([SiH3])=C1C.[CH2-]c1ccccc1.[CH2-]c1ccccc1.[Zr+2]. The van der Waals surface area contributed by atoms with E-state index in [1.54, 1.807) is 16.3 Å². The van der Waals surface area contributed by atoms with Crippen LogP contribution in [-0.2, 0) is 26.2 Å². The molecular weight excluding hydrogens is 396 g/mol. The molecule has 25 heavy (non-hydrogen) atoms. The van der Waals surface area contributed by atoms with Crippen LogP contribution in [0, 0.1) is 19.8 Å². The van der Waals surface area contributed by atoms with Crippen LogP contribution in [0.5, 0.6) is 0 Å². The van der Waals surface area contributed by atoms with Gasteiger partial charge in [0, 0.05) is 10.2 Å². The average molecular weight is 426 g/mol. The third kappa shape index (κ3) is 8.12. The predicted molar refractivity (Wildman–Crippen MR) is 112 cm³/mol. The molecule has 0 spiro atoms. The van der Waals surface area contributed by atoms with Gasteiger partial charge in [0.15, 0.2) is 0 Å². The second-order valence-corrected chi connectivity index (χ2v) is 7.39. The molecule has 0 nitrogen and oxygen atoms in total. The summed E-state index contributed by atoms with van der Waals surface area (Å²) in [6.07, 6.45) is 0. The van der Waals surface area contributed by atoms with Crippen molar-refractivity contribution in [3.63, 3.8) is 0 Å². The molecule has 0 saturated carbocycles. The molecule has 0 heterocycles. The summed E-state index contributed by atoms with van der Waals surface area (Å²) in [6.45, 7) is 16.5. The van der Waals surface area contributed by atoms with Crippen molar-refractivity contribution in [2.75, 3.05) is 0 Å². The zero-order valence-electron chi connectivity index (χ0n) is 16.3. The monoisotopic (exact) mass is 424 g/mol. The second-order valence-electron chi connectivity index (χ2n) is 6.31. The molecule has 0 amide bonds. The van der Waals surface area contributed by atoms with Crippen molar-refractivity contribution in [2.24, 2.45) is 5.92 Å². The van der Waals surface area contributed by atoms with Gasteiger partial charge < -0.3 is 0 Å². The third-order valence-corrected chi connectivity index (χ3v) is 6.35. The Balaban J connectivity index is 0.000000347. The van der Waals surface area contributed by atoms with E-state index in [-0.39, 0.29) is 26.2 Å². The Bertz CT molecular complexity index is 623. The number of hydrogen-bond acceptors (Lipinski definition) is 0. The van der Waals surface area contributed by atoms with Crippen LogP contribution in [-0.4, -0.2) is 10.2 Å². The fraction of sp³-hybridized carbons (Fsp3) is 0.217. The first-order valence-corrected chi connectivity index (χ1v) is 9.43. The van der Waals surface area contributed by atoms with Crippen LogP contribution in [0.3, 0.4) is 0 Å². The van der Waals surface area contributed by atoms with E-state index >= 15 is 0 Å². The maximum atomic E-state index is 3.72. The van der Waals surface area contributed by atoms with Crippen molar-refractivity contribution in [1.29, 1.82) is 0 Å². The van der Waals surface area contributed by atoms with E-state index in [1.165, 1.54) is 15.8 Å². The molecular formula is C23H30SiZr. The first-order chi connectivity index (χ1) is 11.3. The number of allylic oxidation sites excluding steroid dienone is 4. The summed E-state index contributed by atoms with van der Waals surface area (Å²) in [6, 6.07) is 19.7. The third-order valence-electron chi connectivity index (χ3n) is 4.73. The maximum Gasteiger partial charge on any atom is 2.00 e. The molecule has 3 rings (SSSR count). The van der Waals surface area contributed by atoms with E-state index in [2.05, 4.69) is 41.5 Å². The second kappa shape index (κ2) is 12.2. The Morgan fingerprint density at radius 3 is 1.20 bits per heavy atom. The van der Waals surface area contributed by atoms with Gasteiger partial charge in [0.05, 0.1) is 0 Å². The molecule has 1 atom stereocenters. The average Bonchev–Trinajstić information content (AvgIpc) is 2.75. The van der Waals surface area contributed by atoms with Gasteiger partial charge in [-0.05, 0) is 32.3 Å². The topological polar surface area (TPSA) is 0 Å². The van der Waals surface area contributed by atoms with Crippen LogP contribution in [0.25, 0.3) is 0 Å². The van der Waals surface area contributed by atoms with E-state index in [4.69, 9.17) is 0 Å². The van der Waals surface area contributed by atoms with E-state index in [9.17, 15) is 0 Å². The van der Waals surface area contributed by atoms with Crippen molar-refractivity contribution >= 4 is 10.2 Å². The standard InChI is InChI=1S/C9H16Si.2C7H7.Zr/c1-5-6(2)8(4)9(10)7(5)3;2*1-7-5-3-2-4-6-7;/h7H,1-4,10H3;2*2-6H,1H2;/q;2*-1;+2. The van der Waals surface area contributed by atoms with Crippen LogP contribution in [0.1, 0.15) is 38.8 Å². The molecule has 130 valence electrons. The molecule has 2 heteroatoms. The van der Waals surface area contributed by atoms with Crippen LogP contribution < -0.4 is 0 Å². The van der Waals surface area contributed by atoms with Gasteiger partial charge in [0.1, 0.15) is 0 Å². The summed E-state index contributed by atoms with van der Waals surface area (Å²) in [4.78, 5) is 0. The molecule has 0 N–H and O–H groups in total. The molecule has 1 aliphatic rings. The maximum absolute atomic E-state index is 3.72. The molecule has 1 aliphatic carbocycles. The molecule has 0 aromatic heterocycles. The Kier molecular flexibility index (Phi) is 11.6. The minimum Gasteiger partial charge on any atom is -0.199 e. The first-order valence-electron chi connectivity index (χ1n) is 8.43. The van der Waals surface area contributed by atoms with E-state index in [0.717, 1.165) is 17.0 Å². The van der Waals surface area contributed by atoms with Gasteiger partial charge in [-0.3, -0.25) is 0 Å². The van der Waals surface area contributed by atoms with Gasteiger partial charge in [-0.1, -0.05) is 35.4 Å². The molecule has 0 radical (unpaired) electrons. The minimum absolute atomic E-state index is 0. The van der Waals surface area contributed by atoms with Crippen LogP contribution in [0.4, 0.5) is 0 Å². The van der Waals surface area contributed by atoms with Crippen LogP contribution >= 0.6 is 0 Å². The number of rotatable bonds is 0. The van der Waals surface area contributed by atoms with Gasteiger partial charge in [0.2, 0.25) is 0 Å². The summed E-state index contributed by atoms with van der Waals surface area (Å²) < 4.78 is 0. The first kappa shape index (κ1) is 23.8. The number of benzene rings is 2. The Morgan fingerprint density at radius 1 is 0.720 bits per heavy atom. The Hall–Kier alpha value is -1.24. The van der Waals surface area contributed by atoms with Gasteiger partial charge in [-0.25, -0.2) is 0 Å². The molecule has 2 aromatic carbocycles. The molecule has 1 unspecified atom stereocenters. The van der Waals surface area contributed by atoms with E-state index in [0.29, 0.717) is 0 Å². The van der Waals surface area contributed by atoms with E-state index in [1.807, 2.05) is 60.7 Å². The quantitative estimate of drug-likeness (QED) is 0.394. The van der Waals surface area contributed by atoms with Gasteiger partial charge in [-0.2, -0.15) is 49.2 Å². The van der Waals surface area contributed by atoms with Crippen molar-refractivity contribution in [1.82, 2.24) is 0 Å². The largest absolute Gasteiger partial charge is 2.00 e.